The summed E-state index contributed by atoms with van der Waals surface area (Å²) in [6.07, 6.45) is 2.33. The predicted octanol–water partition coefficient (Wildman–Crippen LogP) is 3.07. The van der Waals surface area contributed by atoms with Crippen molar-refractivity contribution in [1.29, 1.82) is 5.26 Å². The third kappa shape index (κ3) is 1.79. The number of anilines is 1. The molecule has 1 aromatic rings. The molecular formula is C10H10N2S2. The van der Waals surface area contributed by atoms with Gasteiger partial charge in [0.15, 0.2) is 0 Å². The van der Waals surface area contributed by atoms with Crippen molar-refractivity contribution in [3.63, 3.8) is 0 Å². The molecule has 2 N–H and O–H groups in total. The van der Waals surface area contributed by atoms with Crippen molar-refractivity contribution in [2.75, 3.05) is 11.5 Å². The van der Waals surface area contributed by atoms with Crippen molar-refractivity contribution < 1.29 is 0 Å². The van der Waals surface area contributed by atoms with Gasteiger partial charge in [0, 0.05) is 4.88 Å². The van der Waals surface area contributed by atoms with E-state index in [1.807, 2.05) is 17.8 Å². The second kappa shape index (κ2) is 4.07. The van der Waals surface area contributed by atoms with Crippen LogP contribution in [0.15, 0.2) is 11.5 Å². The highest BCUT2D eigenvalue weighted by molar-refractivity contribution is 8.02. The number of rotatable bonds is 1. The van der Waals surface area contributed by atoms with Gasteiger partial charge in [0.05, 0.1) is 5.56 Å². The van der Waals surface area contributed by atoms with E-state index in [9.17, 15) is 0 Å². The van der Waals surface area contributed by atoms with Crippen LogP contribution in [0.2, 0.25) is 0 Å². The molecule has 0 saturated heterocycles. The van der Waals surface area contributed by atoms with E-state index in [0.717, 1.165) is 11.3 Å². The van der Waals surface area contributed by atoms with Gasteiger partial charge in [0.1, 0.15) is 11.1 Å². The normalized spacial score (nSPS) is 16.1. The molecule has 2 heterocycles. The van der Waals surface area contributed by atoms with Gasteiger partial charge >= 0.3 is 0 Å². The summed E-state index contributed by atoms with van der Waals surface area (Å²) in [5.41, 5.74) is 7.67. The van der Waals surface area contributed by atoms with Crippen molar-refractivity contribution in [2.45, 2.75) is 12.8 Å². The van der Waals surface area contributed by atoms with Gasteiger partial charge in [0.2, 0.25) is 0 Å². The Hall–Kier alpha value is -0.920. The van der Waals surface area contributed by atoms with Crippen molar-refractivity contribution >= 4 is 33.7 Å². The topological polar surface area (TPSA) is 49.8 Å². The smallest absolute Gasteiger partial charge is 0.104 e. The van der Waals surface area contributed by atoms with Crippen LogP contribution in [0.1, 0.15) is 23.3 Å². The van der Waals surface area contributed by atoms with Gasteiger partial charge in [0.25, 0.3) is 0 Å². The van der Waals surface area contributed by atoms with Crippen LogP contribution in [0.5, 0.6) is 0 Å². The summed E-state index contributed by atoms with van der Waals surface area (Å²) in [5.74, 6) is 1.20. The zero-order chi connectivity index (χ0) is 9.97. The number of thioether (sulfide) groups is 1. The molecule has 2 rings (SSSR count). The van der Waals surface area contributed by atoms with Crippen LogP contribution < -0.4 is 5.73 Å². The Morgan fingerprint density at radius 2 is 2.36 bits per heavy atom. The van der Waals surface area contributed by atoms with Gasteiger partial charge in [-0.3, -0.25) is 0 Å². The van der Waals surface area contributed by atoms with Crippen molar-refractivity contribution in [1.82, 2.24) is 0 Å². The largest absolute Gasteiger partial charge is 0.389 e. The fraction of sp³-hybridized carbons (Fsp3) is 0.300. The fourth-order valence-electron chi connectivity index (χ4n) is 1.40. The van der Waals surface area contributed by atoms with Crippen LogP contribution >= 0.6 is 23.1 Å². The van der Waals surface area contributed by atoms with E-state index in [1.165, 1.54) is 29.1 Å². The van der Waals surface area contributed by atoms with E-state index in [2.05, 4.69) is 11.5 Å². The number of hydrogen-bond donors (Lipinski definition) is 1. The van der Waals surface area contributed by atoms with Gasteiger partial charge < -0.3 is 5.73 Å². The van der Waals surface area contributed by atoms with Crippen LogP contribution in [0.4, 0.5) is 5.00 Å². The lowest BCUT2D eigenvalue weighted by Crippen LogP contribution is -1.88. The Labute approximate surface area is 91.4 Å². The van der Waals surface area contributed by atoms with Gasteiger partial charge in [-0.25, -0.2) is 0 Å². The van der Waals surface area contributed by atoms with Crippen molar-refractivity contribution in [2.24, 2.45) is 0 Å². The van der Waals surface area contributed by atoms with Crippen LogP contribution in [0, 0.1) is 11.3 Å². The highest BCUT2D eigenvalue weighted by Gasteiger charge is 2.11. The second-order valence-electron chi connectivity index (χ2n) is 3.12. The Morgan fingerprint density at radius 3 is 2.93 bits per heavy atom. The van der Waals surface area contributed by atoms with E-state index in [-0.39, 0.29) is 0 Å². The van der Waals surface area contributed by atoms with Gasteiger partial charge in [-0.1, -0.05) is 0 Å². The molecule has 0 bridgehead atoms. The number of nitrogens with two attached hydrogens (primary N) is 1. The first-order valence-corrected chi connectivity index (χ1v) is 6.28. The Morgan fingerprint density at radius 1 is 1.50 bits per heavy atom. The van der Waals surface area contributed by atoms with Crippen LogP contribution in [-0.2, 0) is 0 Å². The molecule has 1 aromatic heterocycles. The Balaban J connectivity index is 2.33. The van der Waals surface area contributed by atoms with E-state index < -0.39 is 0 Å². The summed E-state index contributed by atoms with van der Waals surface area (Å²) in [4.78, 5) is 1.16. The summed E-state index contributed by atoms with van der Waals surface area (Å²) in [7, 11) is 0. The number of hydrogen-bond acceptors (Lipinski definition) is 4. The Bertz CT molecular complexity index is 412. The predicted molar refractivity (Wildman–Crippen MR) is 63.1 cm³/mol. The first kappa shape index (κ1) is 9.63. The molecule has 0 saturated carbocycles. The molecule has 0 atom stereocenters. The summed E-state index contributed by atoms with van der Waals surface area (Å²) in [6.45, 7) is 0. The molecular weight excluding hydrogens is 212 g/mol. The third-order valence-corrected chi connectivity index (χ3v) is 4.15. The molecule has 0 fully saturated rings. The standard InChI is InChI=1S/C10H10N2S2/c11-5-8-4-9(14-10(8)12)7-2-1-3-13-6-7/h4,6H,1-3,12H2. The number of thiophene rings is 1. The van der Waals surface area contributed by atoms with Crippen LogP contribution in [-0.4, -0.2) is 5.75 Å². The average Bonchev–Trinajstić information content (AvgIpc) is 2.61. The third-order valence-electron chi connectivity index (χ3n) is 2.13. The maximum atomic E-state index is 8.78. The molecule has 0 amide bonds. The summed E-state index contributed by atoms with van der Waals surface area (Å²) in [6, 6.07) is 4.01. The molecule has 0 aromatic carbocycles. The molecule has 0 radical (unpaired) electrons. The lowest BCUT2D eigenvalue weighted by Gasteiger charge is -2.09. The van der Waals surface area contributed by atoms with Gasteiger partial charge in [-0.2, -0.15) is 5.26 Å². The fourth-order valence-corrected chi connectivity index (χ4v) is 3.27. The molecule has 0 spiro atoms. The molecule has 1 aliphatic heterocycles. The zero-order valence-corrected chi connectivity index (χ0v) is 9.25. The maximum absolute atomic E-state index is 8.78. The second-order valence-corrected chi connectivity index (χ2v) is 5.18. The molecule has 0 aliphatic carbocycles. The minimum absolute atomic E-state index is 0.612. The van der Waals surface area contributed by atoms with Crippen molar-refractivity contribution in [3.05, 3.63) is 21.9 Å². The van der Waals surface area contributed by atoms with E-state index in [4.69, 9.17) is 11.0 Å². The minimum Gasteiger partial charge on any atom is -0.389 e. The van der Waals surface area contributed by atoms with Gasteiger partial charge in [-0.05, 0) is 35.6 Å². The summed E-state index contributed by atoms with van der Waals surface area (Å²) in [5, 5.41) is 11.6. The summed E-state index contributed by atoms with van der Waals surface area (Å²) >= 11 is 3.36. The quantitative estimate of drug-likeness (QED) is 0.794. The number of nitrogen functional groups attached to an aromatic ring is 1. The molecule has 4 heteroatoms. The van der Waals surface area contributed by atoms with E-state index >= 15 is 0 Å². The zero-order valence-electron chi connectivity index (χ0n) is 7.62. The molecule has 14 heavy (non-hydrogen) atoms. The van der Waals surface area contributed by atoms with Gasteiger partial charge in [-0.15, -0.1) is 23.1 Å². The van der Waals surface area contributed by atoms with Crippen molar-refractivity contribution in [3.8, 4) is 6.07 Å². The molecule has 0 unspecified atom stereocenters. The first-order chi connectivity index (χ1) is 6.81. The first-order valence-electron chi connectivity index (χ1n) is 4.41. The summed E-state index contributed by atoms with van der Waals surface area (Å²) < 4.78 is 0. The monoisotopic (exact) mass is 222 g/mol. The Kier molecular flexibility index (Phi) is 2.80. The average molecular weight is 222 g/mol. The maximum Gasteiger partial charge on any atom is 0.104 e. The van der Waals surface area contributed by atoms with E-state index in [0.29, 0.717) is 10.6 Å². The molecule has 1 aliphatic rings. The number of nitrogens with zero attached hydrogens (tertiary/aromatic N) is 1. The molecule has 2 nitrogen and oxygen atoms in total. The highest BCUT2D eigenvalue weighted by atomic mass is 32.2. The lowest BCUT2D eigenvalue weighted by molar-refractivity contribution is 0.985. The number of nitriles is 1. The van der Waals surface area contributed by atoms with Crippen LogP contribution in [0.3, 0.4) is 0 Å². The SMILES string of the molecule is N#Cc1cc(C2=CSCCC2)sc1N. The lowest BCUT2D eigenvalue weighted by atomic mass is 10.1. The molecule has 72 valence electrons. The minimum atomic E-state index is 0.612. The van der Waals surface area contributed by atoms with E-state index in [1.54, 1.807) is 0 Å². The van der Waals surface area contributed by atoms with Crippen LogP contribution in [0.25, 0.3) is 5.57 Å². The number of allylic oxidation sites excluding steroid dienone is 1. The highest BCUT2D eigenvalue weighted by Crippen LogP contribution is 2.35.